The lowest BCUT2D eigenvalue weighted by Gasteiger charge is -2.17. The zero-order chi connectivity index (χ0) is 12.7. The maximum Gasteiger partial charge on any atom is 0.0444 e. The van der Waals surface area contributed by atoms with E-state index >= 15 is 0 Å². The monoisotopic (exact) mass is 364 g/mol. The number of nitrogens with two attached hydrogens (primary N) is 1. The van der Waals surface area contributed by atoms with Gasteiger partial charge in [-0.2, -0.15) is 0 Å². The molecule has 0 aliphatic rings. The number of unbranched alkanes of at least 4 members (excludes halogenated alkanes) is 1. The van der Waals surface area contributed by atoms with Crippen LogP contribution in [-0.2, 0) is 0 Å². The molecule has 0 saturated heterocycles. The van der Waals surface area contributed by atoms with E-state index in [1.54, 1.807) is 0 Å². The zero-order valence-corrected chi connectivity index (χ0v) is 12.8. The van der Waals surface area contributed by atoms with Gasteiger partial charge in [0.05, 0.1) is 0 Å². The van der Waals surface area contributed by atoms with Gasteiger partial charge in [-0.15, -0.1) is 0 Å². The molecule has 5 heteroatoms. The molecule has 0 radical (unpaired) electrons. The first-order valence-corrected chi connectivity index (χ1v) is 7.27. The number of aliphatic hydroxyl groups is 1. The molecule has 0 aliphatic carbocycles. The zero-order valence-electron chi connectivity index (χ0n) is 9.63. The van der Waals surface area contributed by atoms with Crippen LogP contribution in [0.3, 0.4) is 0 Å². The van der Waals surface area contributed by atoms with E-state index in [4.69, 9.17) is 10.8 Å². The Labute approximate surface area is 119 Å². The summed E-state index contributed by atoms with van der Waals surface area (Å²) in [5.41, 5.74) is 6.94. The van der Waals surface area contributed by atoms with E-state index in [1.165, 1.54) is 5.56 Å². The summed E-state index contributed by atoms with van der Waals surface area (Å²) in [5.74, 6) is 0. The van der Waals surface area contributed by atoms with Crippen LogP contribution in [-0.4, -0.2) is 24.8 Å². The summed E-state index contributed by atoms with van der Waals surface area (Å²) < 4.78 is 2.07. The van der Waals surface area contributed by atoms with E-state index in [0.29, 0.717) is 6.54 Å². The summed E-state index contributed by atoms with van der Waals surface area (Å²) >= 11 is 6.94. The molecule has 0 saturated carbocycles. The molecule has 0 spiro atoms. The van der Waals surface area contributed by atoms with E-state index in [1.807, 2.05) is 6.07 Å². The smallest absolute Gasteiger partial charge is 0.0444 e. The minimum absolute atomic E-state index is 0.165. The minimum Gasteiger partial charge on any atom is -0.396 e. The molecule has 1 atom stereocenters. The normalized spacial score (nSPS) is 12.7. The van der Waals surface area contributed by atoms with Gasteiger partial charge in [0.25, 0.3) is 0 Å². The Morgan fingerprint density at radius 3 is 2.59 bits per heavy atom. The first-order valence-electron chi connectivity index (χ1n) is 5.68. The van der Waals surface area contributed by atoms with Crippen LogP contribution in [0.4, 0.5) is 0 Å². The fraction of sp³-hybridized carbons (Fsp3) is 0.500. The highest BCUT2D eigenvalue weighted by Crippen LogP contribution is 2.26. The van der Waals surface area contributed by atoms with Crippen LogP contribution >= 0.6 is 31.9 Å². The second-order valence-electron chi connectivity index (χ2n) is 3.85. The van der Waals surface area contributed by atoms with Gasteiger partial charge in [0.2, 0.25) is 0 Å². The van der Waals surface area contributed by atoms with Crippen molar-refractivity contribution in [2.75, 3.05) is 19.7 Å². The molecule has 0 fully saturated rings. The molecule has 3 nitrogen and oxygen atoms in total. The fourth-order valence-corrected chi connectivity index (χ4v) is 2.22. The van der Waals surface area contributed by atoms with Gasteiger partial charge in [-0.3, -0.25) is 0 Å². The number of benzene rings is 1. The highest BCUT2D eigenvalue weighted by molar-refractivity contribution is 9.13. The minimum atomic E-state index is 0.165. The first kappa shape index (κ1) is 15.1. The molecule has 4 N–H and O–H groups in total. The summed E-state index contributed by atoms with van der Waals surface area (Å²) in [6, 6.07) is 6.31. The molecular weight excluding hydrogens is 348 g/mol. The van der Waals surface area contributed by atoms with Gasteiger partial charge in [0.15, 0.2) is 0 Å². The van der Waals surface area contributed by atoms with Crippen molar-refractivity contribution in [3.63, 3.8) is 0 Å². The van der Waals surface area contributed by atoms with Crippen molar-refractivity contribution in [3.8, 4) is 0 Å². The van der Waals surface area contributed by atoms with Crippen LogP contribution < -0.4 is 11.1 Å². The predicted octanol–water partition coefficient (Wildman–Crippen LogP) is 2.57. The Balaban J connectivity index is 2.56. The molecular formula is C12H18Br2N2O. The molecule has 1 unspecified atom stereocenters. The van der Waals surface area contributed by atoms with Crippen LogP contribution in [0.2, 0.25) is 0 Å². The third kappa shape index (κ3) is 5.06. The number of hydrogen-bond acceptors (Lipinski definition) is 3. The van der Waals surface area contributed by atoms with Crippen LogP contribution in [0.1, 0.15) is 24.4 Å². The second kappa shape index (κ2) is 8.21. The lowest BCUT2D eigenvalue weighted by Crippen LogP contribution is -2.29. The van der Waals surface area contributed by atoms with Gasteiger partial charge in [-0.25, -0.2) is 0 Å². The van der Waals surface area contributed by atoms with Gasteiger partial charge in [-0.05, 0) is 68.9 Å². The molecule has 0 aromatic heterocycles. The number of nitrogens with one attached hydrogen (secondary N) is 1. The summed E-state index contributed by atoms with van der Waals surface area (Å²) in [6.07, 6.45) is 1.79. The molecule has 1 aromatic carbocycles. The van der Waals surface area contributed by atoms with Gasteiger partial charge < -0.3 is 16.2 Å². The standard InChI is InChI=1S/C12H18Br2N2O/c13-10-4-3-9(7-11(10)14)12(8-15)16-5-1-2-6-17/h3-4,7,12,16-17H,1-2,5-6,8,15H2. The maximum atomic E-state index is 8.71. The lowest BCUT2D eigenvalue weighted by molar-refractivity contribution is 0.282. The summed E-state index contributed by atoms with van der Waals surface area (Å²) in [6.45, 7) is 1.68. The molecule has 1 aromatic rings. The second-order valence-corrected chi connectivity index (χ2v) is 5.56. The Morgan fingerprint density at radius 1 is 1.24 bits per heavy atom. The van der Waals surface area contributed by atoms with Crippen molar-refractivity contribution in [3.05, 3.63) is 32.7 Å². The third-order valence-corrected chi connectivity index (χ3v) is 4.44. The molecule has 0 amide bonds. The molecule has 96 valence electrons. The molecule has 1 rings (SSSR count). The van der Waals surface area contributed by atoms with Gasteiger partial charge in [0.1, 0.15) is 0 Å². The van der Waals surface area contributed by atoms with Crippen molar-refractivity contribution in [1.29, 1.82) is 0 Å². The van der Waals surface area contributed by atoms with E-state index < -0.39 is 0 Å². The number of rotatable bonds is 7. The van der Waals surface area contributed by atoms with E-state index in [0.717, 1.165) is 28.3 Å². The van der Waals surface area contributed by atoms with Gasteiger partial charge in [-0.1, -0.05) is 6.07 Å². The van der Waals surface area contributed by atoms with Crippen molar-refractivity contribution in [2.24, 2.45) is 5.73 Å². The SMILES string of the molecule is NCC(NCCCCO)c1ccc(Br)c(Br)c1. The fourth-order valence-electron chi connectivity index (χ4n) is 1.58. The lowest BCUT2D eigenvalue weighted by atomic mass is 10.1. The predicted molar refractivity (Wildman–Crippen MR) is 78.0 cm³/mol. The van der Waals surface area contributed by atoms with Crippen molar-refractivity contribution >= 4 is 31.9 Å². The van der Waals surface area contributed by atoms with E-state index in [-0.39, 0.29) is 12.6 Å². The number of aliphatic hydroxyl groups excluding tert-OH is 1. The average molecular weight is 366 g/mol. The number of halogens is 2. The van der Waals surface area contributed by atoms with E-state index in [2.05, 4.69) is 49.3 Å². The highest BCUT2D eigenvalue weighted by Gasteiger charge is 2.09. The summed E-state index contributed by atoms with van der Waals surface area (Å²) in [4.78, 5) is 0. The Kier molecular flexibility index (Phi) is 7.30. The van der Waals surface area contributed by atoms with Crippen LogP contribution in [0.5, 0.6) is 0 Å². The summed E-state index contributed by atoms with van der Waals surface area (Å²) in [7, 11) is 0. The average Bonchev–Trinajstić information content (AvgIpc) is 2.33. The van der Waals surface area contributed by atoms with Crippen molar-refractivity contribution in [1.82, 2.24) is 5.32 Å². The van der Waals surface area contributed by atoms with Crippen molar-refractivity contribution in [2.45, 2.75) is 18.9 Å². The quantitative estimate of drug-likeness (QED) is 0.651. The Hall–Kier alpha value is 0.0600. The Bertz CT molecular complexity index is 347. The Morgan fingerprint density at radius 2 is 2.00 bits per heavy atom. The van der Waals surface area contributed by atoms with E-state index in [9.17, 15) is 0 Å². The van der Waals surface area contributed by atoms with Crippen LogP contribution in [0.15, 0.2) is 27.1 Å². The molecule has 0 bridgehead atoms. The van der Waals surface area contributed by atoms with Gasteiger partial charge in [0, 0.05) is 28.1 Å². The van der Waals surface area contributed by atoms with Crippen LogP contribution in [0.25, 0.3) is 0 Å². The number of hydrogen-bond donors (Lipinski definition) is 3. The highest BCUT2D eigenvalue weighted by atomic mass is 79.9. The maximum absolute atomic E-state index is 8.71. The molecule has 0 heterocycles. The van der Waals surface area contributed by atoms with Crippen LogP contribution in [0, 0.1) is 0 Å². The van der Waals surface area contributed by atoms with Gasteiger partial charge >= 0.3 is 0 Å². The first-order chi connectivity index (χ1) is 8.19. The van der Waals surface area contributed by atoms with Crippen molar-refractivity contribution < 1.29 is 5.11 Å². The molecule has 17 heavy (non-hydrogen) atoms. The summed E-state index contributed by atoms with van der Waals surface area (Å²) in [5, 5.41) is 12.1. The topological polar surface area (TPSA) is 58.3 Å². The largest absolute Gasteiger partial charge is 0.396 e. The molecule has 0 aliphatic heterocycles. The third-order valence-electron chi connectivity index (χ3n) is 2.56.